The van der Waals surface area contributed by atoms with E-state index in [0.29, 0.717) is 10.8 Å². The number of likely N-dealkylation sites (tertiary alicyclic amines) is 1. The summed E-state index contributed by atoms with van der Waals surface area (Å²) in [7, 11) is -3.75. The van der Waals surface area contributed by atoms with Gasteiger partial charge in [-0.15, -0.1) is 11.3 Å². The highest BCUT2D eigenvalue weighted by Crippen LogP contribution is 2.27. The summed E-state index contributed by atoms with van der Waals surface area (Å²) in [5, 5.41) is 2.25. The van der Waals surface area contributed by atoms with Crippen LogP contribution in [0.4, 0.5) is 5.13 Å². The molecular weight excluding hydrogens is 348 g/mol. The third kappa shape index (κ3) is 3.05. The van der Waals surface area contributed by atoms with Gasteiger partial charge in [-0.2, -0.15) is 0 Å². The highest BCUT2D eigenvalue weighted by atomic mass is 32.2. The first-order chi connectivity index (χ1) is 11.4. The van der Waals surface area contributed by atoms with Crippen LogP contribution in [0.5, 0.6) is 0 Å². The van der Waals surface area contributed by atoms with Crippen LogP contribution in [0.15, 0.2) is 22.5 Å². The molecule has 1 saturated heterocycles. The number of hydrogen-bond donors (Lipinski definition) is 1. The van der Waals surface area contributed by atoms with Crippen molar-refractivity contribution in [2.24, 2.45) is 0 Å². The molecule has 3 heterocycles. The first-order valence-electron chi connectivity index (χ1n) is 7.86. The van der Waals surface area contributed by atoms with Crippen LogP contribution < -0.4 is 4.31 Å². The molecule has 3 rings (SSSR count). The fraction of sp³-hybridized carbons (Fsp3) is 0.467. The van der Waals surface area contributed by atoms with Crippen molar-refractivity contribution < 1.29 is 13.2 Å². The van der Waals surface area contributed by atoms with Gasteiger partial charge in [-0.05, 0) is 32.8 Å². The molecule has 0 unspecified atom stereocenters. The summed E-state index contributed by atoms with van der Waals surface area (Å²) in [6.45, 7) is 5.30. The van der Waals surface area contributed by atoms with Crippen molar-refractivity contribution in [3.63, 3.8) is 0 Å². The Labute approximate surface area is 145 Å². The zero-order chi connectivity index (χ0) is 17.3. The number of anilines is 1. The molecule has 1 fully saturated rings. The molecule has 0 aromatic carbocycles. The van der Waals surface area contributed by atoms with Crippen LogP contribution in [0.25, 0.3) is 0 Å². The van der Waals surface area contributed by atoms with Gasteiger partial charge in [0.2, 0.25) is 0 Å². The van der Waals surface area contributed by atoms with Crippen molar-refractivity contribution in [3.8, 4) is 0 Å². The van der Waals surface area contributed by atoms with E-state index in [1.54, 1.807) is 11.8 Å². The van der Waals surface area contributed by atoms with Crippen LogP contribution in [0.1, 0.15) is 35.9 Å². The van der Waals surface area contributed by atoms with E-state index in [1.165, 1.54) is 27.9 Å². The lowest BCUT2D eigenvalue weighted by Crippen LogP contribution is -2.30. The highest BCUT2D eigenvalue weighted by molar-refractivity contribution is 7.93. The number of aryl methyl sites for hydroxylation is 1. The van der Waals surface area contributed by atoms with Gasteiger partial charge < -0.3 is 9.88 Å². The Morgan fingerprint density at radius 2 is 2.12 bits per heavy atom. The Balaban J connectivity index is 1.88. The van der Waals surface area contributed by atoms with E-state index >= 15 is 0 Å². The molecule has 0 radical (unpaired) electrons. The van der Waals surface area contributed by atoms with Crippen LogP contribution in [0.3, 0.4) is 0 Å². The number of H-pyrrole nitrogens is 1. The number of amides is 1. The molecule has 24 heavy (non-hydrogen) atoms. The molecule has 1 amide bonds. The molecule has 1 N–H and O–H groups in total. The van der Waals surface area contributed by atoms with Crippen LogP contribution in [0.2, 0.25) is 0 Å². The average Bonchev–Trinajstić information content (AvgIpc) is 3.29. The number of aromatic amines is 1. The molecule has 2 aromatic heterocycles. The molecule has 2 aromatic rings. The largest absolute Gasteiger partial charge is 0.356 e. The van der Waals surface area contributed by atoms with Crippen LogP contribution in [-0.4, -0.2) is 48.8 Å². The molecule has 1 aliphatic heterocycles. The second-order valence-electron chi connectivity index (χ2n) is 5.69. The molecule has 0 aliphatic carbocycles. The highest BCUT2D eigenvalue weighted by Gasteiger charge is 2.29. The van der Waals surface area contributed by atoms with E-state index in [1.807, 2.05) is 12.3 Å². The van der Waals surface area contributed by atoms with Gasteiger partial charge in [-0.1, -0.05) is 0 Å². The standard InChI is InChI=1S/C15H20N4O3S2/c1-3-19(15-17-11(2)10-23-15)24(21,22)12-8-13(16-9-12)14(20)18-6-4-5-7-18/h8-10,16H,3-7H2,1-2H3. The van der Waals surface area contributed by atoms with Crippen molar-refractivity contribution >= 4 is 32.4 Å². The summed E-state index contributed by atoms with van der Waals surface area (Å²) in [6.07, 6.45) is 3.36. The molecule has 0 spiro atoms. The van der Waals surface area contributed by atoms with Crippen molar-refractivity contribution in [1.29, 1.82) is 0 Å². The minimum atomic E-state index is -3.75. The van der Waals surface area contributed by atoms with Crippen molar-refractivity contribution in [2.45, 2.75) is 31.6 Å². The second kappa shape index (κ2) is 6.56. The average molecular weight is 368 g/mol. The second-order valence-corrected chi connectivity index (χ2v) is 8.39. The van der Waals surface area contributed by atoms with E-state index in [0.717, 1.165) is 31.6 Å². The van der Waals surface area contributed by atoms with Crippen molar-refractivity contribution in [1.82, 2.24) is 14.9 Å². The third-order valence-corrected chi connectivity index (χ3v) is 6.92. The molecule has 1 aliphatic rings. The monoisotopic (exact) mass is 368 g/mol. The third-order valence-electron chi connectivity index (χ3n) is 3.98. The fourth-order valence-electron chi connectivity index (χ4n) is 2.73. The number of aromatic nitrogens is 2. The van der Waals surface area contributed by atoms with E-state index in [-0.39, 0.29) is 17.3 Å². The topological polar surface area (TPSA) is 86.4 Å². The summed E-state index contributed by atoms with van der Waals surface area (Å²) in [6, 6.07) is 1.42. The quantitative estimate of drug-likeness (QED) is 0.877. The Bertz CT molecular complexity index is 835. The Morgan fingerprint density at radius 3 is 2.71 bits per heavy atom. The fourth-order valence-corrected chi connectivity index (χ4v) is 5.24. The first kappa shape index (κ1) is 17.0. The number of sulfonamides is 1. The summed E-state index contributed by atoms with van der Waals surface area (Å²) in [5.74, 6) is -0.151. The van der Waals surface area contributed by atoms with Crippen LogP contribution in [-0.2, 0) is 10.0 Å². The van der Waals surface area contributed by atoms with Gasteiger partial charge in [0.25, 0.3) is 15.9 Å². The zero-order valence-electron chi connectivity index (χ0n) is 13.7. The Morgan fingerprint density at radius 1 is 1.42 bits per heavy atom. The van der Waals surface area contributed by atoms with E-state index in [4.69, 9.17) is 0 Å². The van der Waals surface area contributed by atoms with Gasteiger partial charge in [-0.25, -0.2) is 17.7 Å². The van der Waals surface area contributed by atoms with Gasteiger partial charge in [0.1, 0.15) is 10.6 Å². The molecule has 0 atom stereocenters. The predicted octanol–water partition coefficient (Wildman–Crippen LogP) is 2.23. The van der Waals surface area contributed by atoms with E-state index in [2.05, 4.69) is 9.97 Å². The molecule has 130 valence electrons. The maximum atomic E-state index is 12.9. The lowest BCUT2D eigenvalue weighted by molar-refractivity contribution is 0.0787. The maximum Gasteiger partial charge on any atom is 0.270 e. The number of rotatable bonds is 5. The summed E-state index contributed by atoms with van der Waals surface area (Å²) in [5.41, 5.74) is 1.09. The summed E-state index contributed by atoms with van der Waals surface area (Å²) in [4.78, 5) is 21.3. The predicted molar refractivity (Wildman–Crippen MR) is 93.0 cm³/mol. The van der Waals surface area contributed by atoms with Gasteiger partial charge in [0.15, 0.2) is 5.13 Å². The van der Waals surface area contributed by atoms with Gasteiger partial charge in [0.05, 0.1) is 5.69 Å². The smallest absolute Gasteiger partial charge is 0.270 e. The first-order valence-corrected chi connectivity index (χ1v) is 10.2. The van der Waals surface area contributed by atoms with E-state index < -0.39 is 10.0 Å². The van der Waals surface area contributed by atoms with Crippen LogP contribution >= 0.6 is 11.3 Å². The summed E-state index contributed by atoms with van der Waals surface area (Å²) < 4.78 is 27.0. The Hall–Kier alpha value is -1.87. The minimum Gasteiger partial charge on any atom is -0.356 e. The van der Waals surface area contributed by atoms with E-state index in [9.17, 15) is 13.2 Å². The number of nitrogens with zero attached hydrogens (tertiary/aromatic N) is 3. The zero-order valence-corrected chi connectivity index (χ0v) is 15.3. The van der Waals surface area contributed by atoms with Gasteiger partial charge >= 0.3 is 0 Å². The van der Waals surface area contributed by atoms with Crippen molar-refractivity contribution in [3.05, 3.63) is 29.0 Å². The van der Waals surface area contributed by atoms with Gasteiger partial charge in [-0.3, -0.25) is 4.79 Å². The number of carbonyl (C=O) groups is 1. The summed E-state index contributed by atoms with van der Waals surface area (Å²) >= 11 is 1.29. The number of carbonyl (C=O) groups excluding carboxylic acids is 1. The maximum absolute atomic E-state index is 12.9. The molecule has 0 bridgehead atoms. The van der Waals surface area contributed by atoms with Crippen LogP contribution in [0, 0.1) is 6.92 Å². The minimum absolute atomic E-state index is 0.0831. The number of thiazole rings is 1. The number of nitrogens with one attached hydrogen (secondary N) is 1. The normalized spacial score (nSPS) is 15.0. The lowest BCUT2D eigenvalue weighted by Gasteiger charge is -2.18. The molecule has 7 nitrogen and oxygen atoms in total. The SMILES string of the molecule is CCN(c1nc(C)cs1)S(=O)(=O)c1c[nH]c(C(=O)N2CCCC2)c1. The molecule has 0 saturated carbocycles. The number of hydrogen-bond acceptors (Lipinski definition) is 5. The van der Waals surface area contributed by atoms with Gasteiger partial charge in [0, 0.05) is 31.2 Å². The molecular formula is C15H20N4O3S2. The lowest BCUT2D eigenvalue weighted by atomic mass is 10.4. The Kier molecular flexibility index (Phi) is 4.64. The van der Waals surface area contributed by atoms with Crippen molar-refractivity contribution in [2.75, 3.05) is 23.9 Å². The molecule has 9 heteroatoms.